The number of aromatic nitrogens is 1. The Morgan fingerprint density at radius 3 is 2.71 bits per heavy atom. The Bertz CT molecular complexity index is 1180. The smallest absolute Gasteiger partial charge is 0.263 e. The van der Waals surface area contributed by atoms with Crippen molar-refractivity contribution < 1.29 is 12.8 Å². The molecule has 0 fully saturated rings. The number of halogens is 2. The van der Waals surface area contributed by atoms with Crippen molar-refractivity contribution in [1.29, 1.82) is 0 Å². The zero-order valence-electron chi connectivity index (χ0n) is 16.5. The molecule has 1 aliphatic rings. The average molecular weight is 478 g/mol. The number of nitrogens with one attached hydrogen (secondary N) is 2. The van der Waals surface area contributed by atoms with Gasteiger partial charge in [0.05, 0.1) is 21.1 Å². The highest BCUT2D eigenvalue weighted by Crippen LogP contribution is 2.34. The van der Waals surface area contributed by atoms with Crippen LogP contribution in [-0.4, -0.2) is 19.9 Å². The average Bonchev–Trinajstić information content (AvgIpc) is 3.26. The van der Waals surface area contributed by atoms with Crippen LogP contribution in [-0.2, 0) is 10.0 Å². The molecule has 31 heavy (non-hydrogen) atoms. The third kappa shape index (κ3) is 5.26. The van der Waals surface area contributed by atoms with Crippen molar-refractivity contribution in [3.05, 3.63) is 75.8 Å². The first-order chi connectivity index (χ1) is 14.9. The standard InChI is InChI=1S/C22H21ClFN3O2S2/c23-20-11-18(31(28,29)27-22-13-30-14-26-22)9-10-21(20)25-12-16-3-1-2-4-19(16)15-5-7-17(24)8-6-15/h4-11,13-14,16,25,27H,1-3,12H2. The van der Waals surface area contributed by atoms with Crippen molar-refractivity contribution in [3.8, 4) is 0 Å². The van der Waals surface area contributed by atoms with Gasteiger partial charge in [-0.2, -0.15) is 0 Å². The molecule has 5 nitrogen and oxygen atoms in total. The van der Waals surface area contributed by atoms with Gasteiger partial charge in [-0.25, -0.2) is 17.8 Å². The Morgan fingerprint density at radius 1 is 1.19 bits per heavy atom. The maximum atomic E-state index is 13.3. The normalized spacial score (nSPS) is 16.6. The molecule has 162 valence electrons. The highest BCUT2D eigenvalue weighted by Gasteiger charge is 2.21. The van der Waals surface area contributed by atoms with Crippen LogP contribution in [0.2, 0.25) is 5.02 Å². The van der Waals surface area contributed by atoms with Crippen LogP contribution in [0.1, 0.15) is 24.8 Å². The fraction of sp³-hybridized carbons (Fsp3) is 0.227. The summed E-state index contributed by atoms with van der Waals surface area (Å²) in [5.74, 6) is 0.284. The van der Waals surface area contributed by atoms with E-state index in [1.165, 1.54) is 41.2 Å². The fourth-order valence-electron chi connectivity index (χ4n) is 3.65. The maximum Gasteiger partial charge on any atom is 0.263 e. The number of nitrogens with zero attached hydrogens (tertiary/aromatic N) is 1. The van der Waals surface area contributed by atoms with E-state index in [2.05, 4.69) is 21.1 Å². The summed E-state index contributed by atoms with van der Waals surface area (Å²) in [6, 6.07) is 11.2. The highest BCUT2D eigenvalue weighted by atomic mass is 35.5. The lowest BCUT2D eigenvalue weighted by Gasteiger charge is -2.26. The number of sulfonamides is 1. The summed E-state index contributed by atoms with van der Waals surface area (Å²) in [7, 11) is -3.76. The molecule has 0 radical (unpaired) electrons. The lowest BCUT2D eigenvalue weighted by molar-refractivity contribution is 0.579. The Balaban J connectivity index is 1.46. The van der Waals surface area contributed by atoms with Crippen LogP contribution < -0.4 is 10.0 Å². The van der Waals surface area contributed by atoms with Gasteiger partial charge in [0.15, 0.2) is 5.82 Å². The monoisotopic (exact) mass is 477 g/mol. The minimum atomic E-state index is -3.76. The van der Waals surface area contributed by atoms with Crippen LogP contribution in [0, 0.1) is 11.7 Å². The zero-order chi connectivity index (χ0) is 21.8. The van der Waals surface area contributed by atoms with Gasteiger partial charge in [0.25, 0.3) is 10.0 Å². The van der Waals surface area contributed by atoms with E-state index in [0.717, 1.165) is 24.8 Å². The minimum Gasteiger partial charge on any atom is -0.383 e. The molecule has 0 saturated carbocycles. The van der Waals surface area contributed by atoms with Gasteiger partial charge in [-0.15, -0.1) is 11.3 Å². The first-order valence-electron chi connectivity index (χ1n) is 9.83. The lowest BCUT2D eigenvalue weighted by atomic mass is 9.83. The van der Waals surface area contributed by atoms with Crippen LogP contribution in [0.25, 0.3) is 5.57 Å². The summed E-state index contributed by atoms with van der Waals surface area (Å²) in [5, 5.41) is 5.29. The van der Waals surface area contributed by atoms with Gasteiger partial charge < -0.3 is 5.32 Å². The van der Waals surface area contributed by atoms with Crippen molar-refractivity contribution >= 4 is 50.0 Å². The predicted octanol–water partition coefficient (Wildman–Crippen LogP) is 6.03. The Labute approximate surface area is 190 Å². The molecule has 0 saturated heterocycles. The number of hydrogen-bond donors (Lipinski definition) is 2. The molecule has 1 aliphatic carbocycles. The van der Waals surface area contributed by atoms with Crippen LogP contribution in [0.15, 0.2) is 64.3 Å². The molecular weight excluding hydrogens is 457 g/mol. The quantitative estimate of drug-likeness (QED) is 0.435. The summed E-state index contributed by atoms with van der Waals surface area (Å²) in [4.78, 5) is 4.01. The van der Waals surface area contributed by atoms with Crippen molar-refractivity contribution in [2.24, 2.45) is 5.92 Å². The van der Waals surface area contributed by atoms with E-state index >= 15 is 0 Å². The summed E-state index contributed by atoms with van der Waals surface area (Å²) in [6.45, 7) is 0.645. The predicted molar refractivity (Wildman–Crippen MR) is 125 cm³/mol. The van der Waals surface area contributed by atoms with E-state index in [4.69, 9.17) is 11.6 Å². The second-order valence-corrected chi connectivity index (χ2v) is 10.1. The van der Waals surface area contributed by atoms with E-state index in [-0.39, 0.29) is 22.4 Å². The largest absolute Gasteiger partial charge is 0.383 e. The highest BCUT2D eigenvalue weighted by molar-refractivity contribution is 7.92. The van der Waals surface area contributed by atoms with E-state index in [1.807, 2.05) is 12.1 Å². The van der Waals surface area contributed by atoms with Gasteiger partial charge in [0.1, 0.15) is 5.82 Å². The molecule has 0 amide bonds. The summed E-state index contributed by atoms with van der Waals surface area (Å²) in [5.41, 5.74) is 4.44. The van der Waals surface area contributed by atoms with Gasteiger partial charge >= 0.3 is 0 Å². The van der Waals surface area contributed by atoms with E-state index < -0.39 is 10.0 Å². The third-order valence-corrected chi connectivity index (χ3v) is 7.45. The second kappa shape index (κ2) is 9.38. The first kappa shape index (κ1) is 21.8. The number of rotatable bonds is 7. The van der Waals surface area contributed by atoms with Gasteiger partial charge in [0.2, 0.25) is 0 Å². The van der Waals surface area contributed by atoms with Crippen LogP contribution >= 0.6 is 22.9 Å². The number of hydrogen-bond acceptors (Lipinski definition) is 5. The molecule has 0 spiro atoms. The second-order valence-electron chi connectivity index (χ2n) is 7.30. The van der Waals surface area contributed by atoms with E-state index in [1.54, 1.807) is 17.0 Å². The molecular formula is C22H21ClFN3O2S2. The molecule has 0 aliphatic heterocycles. The molecule has 1 unspecified atom stereocenters. The number of allylic oxidation sites excluding steroid dienone is 1. The first-order valence-corrected chi connectivity index (χ1v) is 12.6. The molecule has 1 aromatic heterocycles. The van der Waals surface area contributed by atoms with E-state index in [0.29, 0.717) is 17.3 Å². The SMILES string of the molecule is O=S(=O)(Nc1cscn1)c1ccc(NCC2CCCC=C2c2ccc(F)cc2)c(Cl)c1. The molecule has 0 bridgehead atoms. The number of anilines is 2. The number of thiazole rings is 1. The number of benzene rings is 2. The molecule has 1 heterocycles. The molecule has 3 aromatic rings. The fourth-order valence-corrected chi connectivity index (χ4v) is 5.55. The van der Waals surface area contributed by atoms with E-state index in [9.17, 15) is 12.8 Å². The van der Waals surface area contributed by atoms with Crippen molar-refractivity contribution in [2.45, 2.75) is 24.2 Å². The third-order valence-electron chi connectivity index (χ3n) is 5.20. The lowest BCUT2D eigenvalue weighted by Crippen LogP contribution is -2.19. The minimum absolute atomic E-state index is 0.0700. The van der Waals surface area contributed by atoms with Gasteiger partial charge in [-0.1, -0.05) is 29.8 Å². The van der Waals surface area contributed by atoms with Crippen LogP contribution in [0.3, 0.4) is 0 Å². The van der Waals surface area contributed by atoms with Gasteiger partial charge in [-0.3, -0.25) is 4.72 Å². The maximum absolute atomic E-state index is 13.3. The molecule has 1 atom stereocenters. The van der Waals surface area contributed by atoms with Crippen molar-refractivity contribution in [1.82, 2.24) is 4.98 Å². The summed E-state index contributed by atoms with van der Waals surface area (Å²) in [6.07, 6.45) is 5.31. The molecule has 4 rings (SSSR count). The van der Waals surface area contributed by atoms with Crippen LogP contribution in [0.5, 0.6) is 0 Å². The summed E-state index contributed by atoms with van der Waals surface area (Å²) >= 11 is 7.68. The Kier molecular flexibility index (Phi) is 6.60. The van der Waals surface area contributed by atoms with Gasteiger partial charge in [0, 0.05) is 17.8 Å². The van der Waals surface area contributed by atoms with Crippen molar-refractivity contribution in [2.75, 3.05) is 16.6 Å². The summed E-state index contributed by atoms with van der Waals surface area (Å²) < 4.78 is 40.8. The Hall–Kier alpha value is -2.42. The molecule has 2 aromatic carbocycles. The zero-order valence-corrected chi connectivity index (χ0v) is 18.9. The van der Waals surface area contributed by atoms with Crippen molar-refractivity contribution in [3.63, 3.8) is 0 Å². The van der Waals surface area contributed by atoms with Gasteiger partial charge in [-0.05, 0) is 60.7 Å². The van der Waals surface area contributed by atoms with Crippen LogP contribution in [0.4, 0.5) is 15.9 Å². The molecule has 2 N–H and O–H groups in total. The molecule has 9 heteroatoms. The Morgan fingerprint density at radius 2 is 2.00 bits per heavy atom. The topological polar surface area (TPSA) is 71.1 Å².